The molecule has 2 heterocycles. The maximum atomic E-state index is 12.4. The molecular formula is C9H10Cl2INO5S. The Balaban J connectivity index is 2.53. The lowest BCUT2D eigenvalue weighted by atomic mass is 9.98. The predicted molar refractivity (Wildman–Crippen MR) is 76.8 cm³/mol. The fourth-order valence-corrected chi connectivity index (χ4v) is 5.92. The minimum absolute atomic E-state index is 0.0583. The molecule has 2 atom stereocenters. The maximum Gasteiger partial charge on any atom is 0.331 e. The van der Waals surface area contributed by atoms with E-state index in [9.17, 15) is 18.0 Å². The van der Waals surface area contributed by atoms with Gasteiger partial charge in [0, 0.05) is 0 Å². The number of ether oxygens (including phenoxy) is 1. The first-order chi connectivity index (χ1) is 8.51. The molecule has 2 aliphatic rings. The van der Waals surface area contributed by atoms with Crippen molar-refractivity contribution in [1.82, 2.24) is 4.90 Å². The van der Waals surface area contributed by atoms with Crippen LogP contribution in [-0.2, 0) is 24.2 Å². The second-order valence-corrected chi connectivity index (χ2v) is 9.41. The quantitative estimate of drug-likeness (QED) is 0.274. The van der Waals surface area contributed by atoms with E-state index < -0.39 is 42.2 Å². The zero-order chi connectivity index (χ0) is 14.8. The van der Waals surface area contributed by atoms with Crippen molar-refractivity contribution in [2.24, 2.45) is 0 Å². The SMILES string of the molecule is CC1(C)[C@H](C(=O)OCI)N2C(=O)C(Cl)(Cl)[C@H]2S1(=O)=O. The minimum Gasteiger partial charge on any atom is -0.453 e. The fourth-order valence-electron chi connectivity index (χ4n) is 2.40. The Bertz CT molecular complexity index is 561. The number of esters is 1. The molecule has 2 aliphatic heterocycles. The number of amides is 1. The summed E-state index contributed by atoms with van der Waals surface area (Å²) in [5.74, 6) is -1.56. The Morgan fingerprint density at radius 3 is 2.47 bits per heavy atom. The van der Waals surface area contributed by atoms with Crippen molar-refractivity contribution < 1.29 is 22.7 Å². The van der Waals surface area contributed by atoms with Crippen molar-refractivity contribution in [3.05, 3.63) is 0 Å². The van der Waals surface area contributed by atoms with Gasteiger partial charge >= 0.3 is 5.97 Å². The van der Waals surface area contributed by atoms with Crippen molar-refractivity contribution in [2.45, 2.75) is 34.3 Å². The van der Waals surface area contributed by atoms with Crippen LogP contribution in [0.25, 0.3) is 0 Å². The molecule has 6 nitrogen and oxygen atoms in total. The molecule has 0 aliphatic carbocycles. The van der Waals surface area contributed by atoms with E-state index in [1.807, 2.05) is 0 Å². The minimum atomic E-state index is -3.88. The van der Waals surface area contributed by atoms with Gasteiger partial charge in [-0.25, -0.2) is 13.2 Å². The molecule has 108 valence electrons. The van der Waals surface area contributed by atoms with Crippen LogP contribution >= 0.6 is 45.8 Å². The van der Waals surface area contributed by atoms with Gasteiger partial charge in [-0.05, 0) is 36.4 Å². The lowest BCUT2D eigenvalue weighted by molar-refractivity contribution is -0.160. The van der Waals surface area contributed by atoms with Crippen LogP contribution in [-0.4, -0.2) is 50.3 Å². The van der Waals surface area contributed by atoms with Gasteiger partial charge in [0.1, 0.15) is 15.4 Å². The maximum absolute atomic E-state index is 12.4. The summed E-state index contributed by atoms with van der Waals surface area (Å²) in [4.78, 5) is 24.7. The first-order valence-corrected chi connectivity index (χ1v) is 9.00. The zero-order valence-corrected chi connectivity index (χ0v) is 14.4. The predicted octanol–water partition coefficient (Wildman–Crippen LogP) is 0.840. The van der Waals surface area contributed by atoms with Crippen molar-refractivity contribution in [3.63, 3.8) is 0 Å². The monoisotopic (exact) mass is 441 g/mol. The normalized spacial score (nSPS) is 33.5. The molecule has 0 unspecified atom stereocenters. The van der Waals surface area contributed by atoms with E-state index in [1.54, 1.807) is 22.6 Å². The van der Waals surface area contributed by atoms with Gasteiger partial charge in [0.05, 0.1) is 0 Å². The molecule has 1 amide bonds. The van der Waals surface area contributed by atoms with Crippen LogP contribution in [0.4, 0.5) is 0 Å². The highest BCUT2D eigenvalue weighted by Gasteiger charge is 2.78. The number of nitrogens with zero attached hydrogens (tertiary/aromatic N) is 1. The molecular weight excluding hydrogens is 432 g/mol. The Morgan fingerprint density at radius 2 is 2.00 bits per heavy atom. The largest absolute Gasteiger partial charge is 0.453 e. The molecule has 2 fully saturated rings. The summed E-state index contributed by atoms with van der Waals surface area (Å²) in [5.41, 5.74) is 0. The summed E-state index contributed by atoms with van der Waals surface area (Å²) < 4.78 is 26.1. The van der Waals surface area contributed by atoms with Gasteiger partial charge in [-0.3, -0.25) is 4.79 Å². The van der Waals surface area contributed by atoms with Crippen LogP contribution < -0.4 is 0 Å². The van der Waals surface area contributed by atoms with Crippen LogP contribution in [0.3, 0.4) is 0 Å². The summed E-state index contributed by atoms with van der Waals surface area (Å²) >= 11 is 13.3. The lowest BCUT2D eigenvalue weighted by Gasteiger charge is -2.44. The number of alkyl halides is 3. The summed E-state index contributed by atoms with van der Waals surface area (Å²) in [6, 6.07) is -1.23. The number of sulfone groups is 1. The van der Waals surface area contributed by atoms with E-state index in [4.69, 9.17) is 27.9 Å². The molecule has 0 aromatic rings. The van der Waals surface area contributed by atoms with E-state index in [2.05, 4.69) is 0 Å². The first kappa shape index (κ1) is 15.6. The van der Waals surface area contributed by atoms with E-state index in [1.165, 1.54) is 13.8 Å². The van der Waals surface area contributed by atoms with Gasteiger partial charge in [-0.15, -0.1) is 0 Å². The molecule has 2 rings (SSSR count). The van der Waals surface area contributed by atoms with Crippen LogP contribution in [0.1, 0.15) is 13.8 Å². The Kier molecular flexibility index (Phi) is 3.56. The fraction of sp³-hybridized carbons (Fsp3) is 0.778. The molecule has 0 radical (unpaired) electrons. The topological polar surface area (TPSA) is 80.8 Å². The molecule has 2 saturated heterocycles. The molecule has 0 saturated carbocycles. The second kappa shape index (κ2) is 4.35. The van der Waals surface area contributed by atoms with Crippen LogP contribution in [0.15, 0.2) is 0 Å². The standard InChI is InChI=1S/C9H10Cl2INO5S/c1-8(2)4(5(14)18-3-12)13-6(15)9(10,11)7(13)19(8,16)17/h4,7H,3H2,1-2H3/t4-,7+/m0/s1. The van der Waals surface area contributed by atoms with E-state index in [-0.39, 0.29) is 4.61 Å². The van der Waals surface area contributed by atoms with Crippen molar-refractivity contribution in [2.75, 3.05) is 4.61 Å². The summed E-state index contributed by atoms with van der Waals surface area (Å²) in [6.45, 7) is 2.72. The van der Waals surface area contributed by atoms with E-state index in [0.29, 0.717) is 0 Å². The number of rotatable bonds is 2. The smallest absolute Gasteiger partial charge is 0.331 e. The molecule has 10 heteroatoms. The molecule has 0 N–H and O–H groups in total. The Labute approximate surface area is 133 Å². The molecule has 19 heavy (non-hydrogen) atoms. The van der Waals surface area contributed by atoms with Gasteiger partial charge < -0.3 is 9.64 Å². The third-order valence-electron chi connectivity index (χ3n) is 3.47. The third kappa shape index (κ3) is 1.75. The number of fused-ring (bicyclic) bond motifs is 1. The van der Waals surface area contributed by atoms with Gasteiger partial charge in [0.2, 0.25) is 4.33 Å². The molecule has 0 aromatic carbocycles. The van der Waals surface area contributed by atoms with Crippen molar-refractivity contribution >= 4 is 67.5 Å². The first-order valence-electron chi connectivity index (χ1n) is 5.18. The third-order valence-corrected chi connectivity index (χ3v) is 7.63. The van der Waals surface area contributed by atoms with E-state index >= 15 is 0 Å². The van der Waals surface area contributed by atoms with E-state index in [0.717, 1.165) is 4.90 Å². The highest BCUT2D eigenvalue weighted by atomic mass is 127. The number of carbonyl (C=O) groups is 2. The highest BCUT2D eigenvalue weighted by Crippen LogP contribution is 2.55. The average Bonchev–Trinajstić information content (AvgIpc) is 2.42. The van der Waals surface area contributed by atoms with Gasteiger partial charge in [0.15, 0.2) is 15.2 Å². The zero-order valence-electron chi connectivity index (χ0n) is 9.89. The van der Waals surface area contributed by atoms with Gasteiger partial charge in [-0.1, -0.05) is 23.2 Å². The summed E-state index contributed by atoms with van der Waals surface area (Å²) in [5, 5.41) is -1.41. The number of carbonyl (C=O) groups excluding carboxylic acids is 2. The number of β-lactam (4-membered cyclic amide) rings is 1. The van der Waals surface area contributed by atoms with Crippen molar-refractivity contribution in [3.8, 4) is 0 Å². The van der Waals surface area contributed by atoms with Crippen molar-refractivity contribution in [1.29, 1.82) is 0 Å². The number of hydrogen-bond acceptors (Lipinski definition) is 5. The lowest BCUT2D eigenvalue weighted by Crippen LogP contribution is -2.70. The average molecular weight is 442 g/mol. The highest BCUT2D eigenvalue weighted by molar-refractivity contribution is 14.1. The Morgan fingerprint density at radius 1 is 1.47 bits per heavy atom. The molecule has 0 aromatic heterocycles. The van der Waals surface area contributed by atoms with Crippen LogP contribution in [0.5, 0.6) is 0 Å². The second-order valence-electron chi connectivity index (χ2n) is 4.81. The Hall–Kier alpha value is 0.200. The molecule has 0 spiro atoms. The van der Waals surface area contributed by atoms with Crippen LogP contribution in [0.2, 0.25) is 0 Å². The summed E-state index contributed by atoms with van der Waals surface area (Å²) in [7, 11) is -3.88. The summed E-state index contributed by atoms with van der Waals surface area (Å²) in [6.07, 6.45) is 0. The van der Waals surface area contributed by atoms with Gasteiger partial charge in [-0.2, -0.15) is 0 Å². The number of hydrogen-bond donors (Lipinski definition) is 0. The van der Waals surface area contributed by atoms with Crippen LogP contribution in [0, 0.1) is 0 Å². The van der Waals surface area contributed by atoms with Gasteiger partial charge in [0.25, 0.3) is 5.91 Å². The molecule has 0 bridgehead atoms. The number of halogens is 3.